The van der Waals surface area contributed by atoms with Crippen LogP contribution in [0.4, 0.5) is 9.18 Å². The molecule has 2 aromatic carbocycles. The van der Waals surface area contributed by atoms with Crippen LogP contribution in [0.15, 0.2) is 40.9 Å². The minimum absolute atomic E-state index is 0.0396. The lowest BCUT2D eigenvalue weighted by Crippen LogP contribution is -2.41. The summed E-state index contributed by atoms with van der Waals surface area (Å²) in [6.45, 7) is 6.94. The number of carbonyl (C=O) groups is 1. The third kappa shape index (κ3) is 4.97. The number of nitriles is 1. The predicted molar refractivity (Wildman–Crippen MR) is 114 cm³/mol. The van der Waals surface area contributed by atoms with Gasteiger partial charge in [-0.2, -0.15) is 5.26 Å². The number of nitrogens with zero attached hydrogens (tertiary/aromatic N) is 2. The summed E-state index contributed by atoms with van der Waals surface area (Å²) in [7, 11) is 0. The van der Waals surface area contributed by atoms with E-state index in [0.29, 0.717) is 24.6 Å². The lowest BCUT2D eigenvalue weighted by atomic mass is 9.88. The van der Waals surface area contributed by atoms with Crippen LogP contribution in [-0.2, 0) is 4.74 Å². The number of likely N-dealkylation sites (tertiary alicyclic amines) is 1. The molecule has 1 saturated heterocycles. The maximum absolute atomic E-state index is 14.2. The molecule has 0 aliphatic carbocycles. The Kier molecular flexibility index (Phi) is 6.28. The zero-order valence-electron chi connectivity index (χ0n) is 16.8. The monoisotopic (exact) mass is 458 g/mol. The minimum atomic E-state index is -0.538. The van der Waals surface area contributed by atoms with Gasteiger partial charge in [0.25, 0.3) is 0 Å². The van der Waals surface area contributed by atoms with Crippen molar-refractivity contribution < 1.29 is 13.9 Å². The van der Waals surface area contributed by atoms with E-state index < -0.39 is 11.4 Å². The van der Waals surface area contributed by atoms with Crippen molar-refractivity contribution >= 4 is 22.0 Å². The summed E-state index contributed by atoms with van der Waals surface area (Å²) in [4.78, 5) is 14.0. The van der Waals surface area contributed by atoms with Crippen molar-refractivity contribution in [3.8, 4) is 17.2 Å². The number of carbonyl (C=O) groups excluding carboxylic acids is 1. The Hall–Kier alpha value is -2.39. The molecule has 29 heavy (non-hydrogen) atoms. The van der Waals surface area contributed by atoms with E-state index in [0.717, 1.165) is 18.4 Å². The quantitative estimate of drug-likeness (QED) is 0.534. The molecule has 0 bridgehead atoms. The summed E-state index contributed by atoms with van der Waals surface area (Å²) in [5.74, 6) is -0.177. The molecule has 1 aliphatic rings. The number of halogens is 2. The van der Waals surface area contributed by atoms with E-state index in [-0.39, 0.29) is 16.1 Å². The number of rotatable bonds is 2. The first-order valence-electron chi connectivity index (χ1n) is 9.66. The molecule has 0 N–H and O–H groups in total. The second-order valence-electron chi connectivity index (χ2n) is 8.26. The van der Waals surface area contributed by atoms with Gasteiger partial charge in [0.2, 0.25) is 0 Å². The Morgan fingerprint density at radius 1 is 1.17 bits per heavy atom. The second kappa shape index (κ2) is 8.54. The van der Waals surface area contributed by atoms with Crippen LogP contribution in [0, 0.1) is 17.1 Å². The molecule has 0 unspecified atom stereocenters. The summed E-state index contributed by atoms with van der Waals surface area (Å²) < 4.78 is 19.9. The summed E-state index contributed by atoms with van der Waals surface area (Å²) in [6.07, 6.45) is 1.48. The SMILES string of the molecule is CC(C)(C)OC(=O)N1CCC(c2ccc(-c3ccc(Br)c(F)c3C#N)cc2)CC1. The molecule has 1 amide bonds. The van der Waals surface area contributed by atoms with E-state index in [9.17, 15) is 14.4 Å². The Balaban J connectivity index is 1.69. The number of hydrogen-bond donors (Lipinski definition) is 0. The van der Waals surface area contributed by atoms with Gasteiger partial charge in [-0.05, 0) is 72.7 Å². The Morgan fingerprint density at radius 2 is 1.79 bits per heavy atom. The van der Waals surface area contributed by atoms with Crippen molar-refractivity contribution in [2.45, 2.75) is 45.1 Å². The van der Waals surface area contributed by atoms with Gasteiger partial charge in [0.1, 0.15) is 11.7 Å². The van der Waals surface area contributed by atoms with E-state index in [1.807, 2.05) is 51.1 Å². The minimum Gasteiger partial charge on any atom is -0.444 e. The topological polar surface area (TPSA) is 53.3 Å². The third-order valence-electron chi connectivity index (χ3n) is 5.05. The highest BCUT2D eigenvalue weighted by atomic mass is 79.9. The molecule has 1 heterocycles. The first-order valence-corrected chi connectivity index (χ1v) is 10.5. The summed E-state index contributed by atoms with van der Waals surface area (Å²) >= 11 is 3.13. The van der Waals surface area contributed by atoms with Gasteiger partial charge >= 0.3 is 6.09 Å². The Morgan fingerprint density at radius 3 is 2.34 bits per heavy atom. The highest BCUT2D eigenvalue weighted by Gasteiger charge is 2.27. The van der Waals surface area contributed by atoms with Crippen LogP contribution >= 0.6 is 15.9 Å². The smallest absolute Gasteiger partial charge is 0.410 e. The van der Waals surface area contributed by atoms with Gasteiger partial charge in [0.15, 0.2) is 5.82 Å². The molecule has 0 spiro atoms. The highest BCUT2D eigenvalue weighted by Crippen LogP contribution is 2.33. The molecule has 1 aliphatic heterocycles. The third-order valence-corrected chi connectivity index (χ3v) is 5.66. The van der Waals surface area contributed by atoms with Crippen molar-refractivity contribution in [3.63, 3.8) is 0 Å². The van der Waals surface area contributed by atoms with Crippen LogP contribution < -0.4 is 0 Å². The number of piperidine rings is 1. The van der Waals surface area contributed by atoms with E-state index in [1.54, 1.807) is 17.0 Å². The maximum Gasteiger partial charge on any atom is 0.410 e. The standard InChI is InChI=1S/C23H24BrFN2O2/c1-23(2,3)29-22(28)27-12-10-16(11-13-27)15-4-6-17(7-5-15)18-8-9-20(24)21(25)19(18)14-26/h4-9,16H,10-13H2,1-3H3. The van der Waals surface area contributed by atoms with Gasteiger partial charge in [0.05, 0.1) is 10.0 Å². The van der Waals surface area contributed by atoms with Crippen LogP contribution in [0.2, 0.25) is 0 Å². The van der Waals surface area contributed by atoms with Gasteiger partial charge in [-0.25, -0.2) is 9.18 Å². The molecule has 0 radical (unpaired) electrons. The lowest BCUT2D eigenvalue weighted by molar-refractivity contribution is 0.0205. The zero-order valence-corrected chi connectivity index (χ0v) is 18.4. The van der Waals surface area contributed by atoms with E-state index >= 15 is 0 Å². The molecular formula is C23H24BrFN2O2. The molecule has 4 nitrogen and oxygen atoms in total. The van der Waals surface area contributed by atoms with Gasteiger partial charge in [0, 0.05) is 18.7 Å². The number of amides is 1. The van der Waals surface area contributed by atoms with Crippen LogP contribution in [0.25, 0.3) is 11.1 Å². The van der Waals surface area contributed by atoms with Crippen molar-refractivity contribution in [1.82, 2.24) is 4.90 Å². The van der Waals surface area contributed by atoms with Gasteiger partial charge in [-0.3, -0.25) is 0 Å². The van der Waals surface area contributed by atoms with Crippen molar-refractivity contribution in [3.05, 3.63) is 57.8 Å². The maximum atomic E-state index is 14.2. The highest BCUT2D eigenvalue weighted by molar-refractivity contribution is 9.10. The largest absolute Gasteiger partial charge is 0.444 e. The van der Waals surface area contributed by atoms with Crippen molar-refractivity contribution in [2.75, 3.05) is 13.1 Å². The Bertz CT molecular complexity index is 937. The fourth-order valence-corrected chi connectivity index (χ4v) is 3.89. The first kappa shape index (κ1) is 21.3. The molecule has 152 valence electrons. The van der Waals surface area contributed by atoms with Gasteiger partial charge in [-0.15, -0.1) is 0 Å². The molecule has 3 rings (SSSR count). The molecular weight excluding hydrogens is 435 g/mol. The van der Waals surface area contributed by atoms with Crippen LogP contribution in [0.1, 0.15) is 50.7 Å². The van der Waals surface area contributed by atoms with Gasteiger partial charge in [-0.1, -0.05) is 30.3 Å². The number of ether oxygens (including phenoxy) is 1. The summed E-state index contributed by atoms with van der Waals surface area (Å²) in [6, 6.07) is 13.2. The molecule has 0 saturated carbocycles. The van der Waals surface area contributed by atoms with Crippen molar-refractivity contribution in [2.24, 2.45) is 0 Å². The molecule has 6 heteroatoms. The average molecular weight is 459 g/mol. The van der Waals surface area contributed by atoms with E-state index in [4.69, 9.17) is 4.74 Å². The fourth-order valence-electron chi connectivity index (χ4n) is 3.56. The van der Waals surface area contributed by atoms with E-state index in [1.165, 1.54) is 5.56 Å². The molecule has 2 aromatic rings. The predicted octanol–water partition coefficient (Wildman–Crippen LogP) is 6.24. The first-order chi connectivity index (χ1) is 13.7. The van der Waals surface area contributed by atoms with Crippen LogP contribution in [0.3, 0.4) is 0 Å². The lowest BCUT2D eigenvalue weighted by Gasteiger charge is -2.33. The fraction of sp³-hybridized carbons (Fsp3) is 0.391. The van der Waals surface area contributed by atoms with Crippen molar-refractivity contribution in [1.29, 1.82) is 5.26 Å². The Labute approximate surface area is 179 Å². The zero-order chi connectivity index (χ0) is 21.2. The number of hydrogen-bond acceptors (Lipinski definition) is 3. The summed E-state index contributed by atoms with van der Waals surface area (Å²) in [5.41, 5.74) is 2.13. The van der Waals surface area contributed by atoms with Gasteiger partial charge < -0.3 is 9.64 Å². The molecule has 0 atom stereocenters. The average Bonchev–Trinajstić information content (AvgIpc) is 2.69. The summed E-state index contributed by atoms with van der Waals surface area (Å²) in [5, 5.41) is 9.33. The number of benzene rings is 2. The molecule has 0 aromatic heterocycles. The van der Waals surface area contributed by atoms with Crippen LogP contribution in [0.5, 0.6) is 0 Å². The van der Waals surface area contributed by atoms with Crippen LogP contribution in [-0.4, -0.2) is 29.7 Å². The van der Waals surface area contributed by atoms with E-state index in [2.05, 4.69) is 15.9 Å². The second-order valence-corrected chi connectivity index (χ2v) is 9.11. The molecule has 1 fully saturated rings. The normalized spacial score (nSPS) is 15.1.